The molecule has 5 nitrogen and oxygen atoms in total. The minimum Gasteiger partial charge on any atom is -0.372 e. The zero-order valence-corrected chi connectivity index (χ0v) is 13.0. The normalized spacial score (nSPS) is 16.5. The first-order chi connectivity index (χ1) is 9.42. The van der Waals surface area contributed by atoms with E-state index in [1.165, 1.54) is 0 Å². The molecule has 1 aromatic carbocycles. The number of nitrogens with one attached hydrogen (secondary N) is 1. The van der Waals surface area contributed by atoms with E-state index in [4.69, 9.17) is 4.74 Å². The fraction of sp³-hybridized carbons (Fsp3) is 0.571. The van der Waals surface area contributed by atoms with Gasteiger partial charge in [-0.3, -0.25) is 0 Å². The molecule has 0 saturated carbocycles. The van der Waals surface area contributed by atoms with Crippen LogP contribution in [-0.4, -0.2) is 40.3 Å². The molecule has 0 amide bonds. The van der Waals surface area contributed by atoms with Crippen molar-refractivity contribution in [3.05, 3.63) is 24.3 Å². The van der Waals surface area contributed by atoms with Crippen LogP contribution in [0.3, 0.4) is 0 Å². The second-order valence-electron chi connectivity index (χ2n) is 5.21. The largest absolute Gasteiger partial charge is 0.372 e. The number of sulfonamides is 1. The summed E-state index contributed by atoms with van der Waals surface area (Å²) in [4.78, 5) is 2.43. The van der Waals surface area contributed by atoms with Gasteiger partial charge in [0.05, 0.1) is 17.1 Å². The minimum absolute atomic E-state index is 0.225. The van der Waals surface area contributed by atoms with Crippen LogP contribution < -0.4 is 9.62 Å². The summed E-state index contributed by atoms with van der Waals surface area (Å²) < 4.78 is 32.1. The summed E-state index contributed by atoms with van der Waals surface area (Å²) in [6.07, 6.45) is 0.464. The average Bonchev–Trinajstić information content (AvgIpc) is 2.33. The molecule has 112 valence electrons. The zero-order valence-electron chi connectivity index (χ0n) is 12.2. The third-order valence-electron chi connectivity index (χ3n) is 3.14. The molecule has 20 heavy (non-hydrogen) atoms. The summed E-state index contributed by atoms with van der Waals surface area (Å²) in [5, 5.41) is 0. The van der Waals surface area contributed by atoms with Crippen LogP contribution in [0.5, 0.6) is 0 Å². The fourth-order valence-electron chi connectivity index (χ4n) is 2.24. The van der Waals surface area contributed by atoms with E-state index in [0.717, 1.165) is 18.8 Å². The molecule has 1 N–H and O–H groups in total. The van der Waals surface area contributed by atoms with Crippen molar-refractivity contribution in [2.24, 2.45) is 0 Å². The lowest BCUT2D eigenvalue weighted by molar-refractivity contribution is -0.00719. The van der Waals surface area contributed by atoms with Gasteiger partial charge in [0.25, 0.3) is 0 Å². The number of hydrogen-bond acceptors (Lipinski definition) is 4. The van der Waals surface area contributed by atoms with Gasteiger partial charge in [-0.1, -0.05) is 13.0 Å². The van der Waals surface area contributed by atoms with Crippen molar-refractivity contribution in [3.63, 3.8) is 0 Å². The van der Waals surface area contributed by atoms with Gasteiger partial charge in [0, 0.05) is 25.3 Å². The van der Waals surface area contributed by atoms with Crippen molar-refractivity contribution >= 4 is 15.7 Å². The topological polar surface area (TPSA) is 58.6 Å². The first-order valence-electron chi connectivity index (χ1n) is 6.92. The molecule has 0 bridgehead atoms. The highest BCUT2D eigenvalue weighted by Gasteiger charge is 2.28. The maximum Gasteiger partial charge on any atom is 0.240 e. The maximum atomic E-state index is 12.0. The number of hydrogen-bond donors (Lipinski definition) is 1. The standard InChI is InChI=1S/C14H22N2O3S/c1-4-15-20(17,18)14-7-5-6-12(8-14)16-9-13(10-16)19-11(2)3/h5-8,11,13,15H,4,9-10H2,1-3H3. The second kappa shape index (κ2) is 6.11. The Morgan fingerprint density at radius 3 is 2.70 bits per heavy atom. The predicted molar refractivity (Wildman–Crippen MR) is 79.5 cm³/mol. The summed E-state index contributed by atoms with van der Waals surface area (Å²) >= 11 is 0. The molecular weight excluding hydrogens is 276 g/mol. The third kappa shape index (κ3) is 3.50. The lowest BCUT2D eigenvalue weighted by Crippen LogP contribution is -2.53. The molecule has 0 aromatic heterocycles. The maximum absolute atomic E-state index is 12.0. The highest BCUT2D eigenvalue weighted by Crippen LogP contribution is 2.25. The molecule has 1 aromatic rings. The molecule has 2 rings (SSSR count). The molecule has 0 radical (unpaired) electrons. The van der Waals surface area contributed by atoms with E-state index >= 15 is 0 Å². The van der Waals surface area contributed by atoms with Gasteiger partial charge in [-0.05, 0) is 32.0 Å². The van der Waals surface area contributed by atoms with Crippen molar-refractivity contribution in [1.29, 1.82) is 0 Å². The van der Waals surface area contributed by atoms with Gasteiger partial charge in [0.1, 0.15) is 0 Å². The van der Waals surface area contributed by atoms with Crippen LogP contribution in [0.1, 0.15) is 20.8 Å². The number of anilines is 1. The first kappa shape index (κ1) is 15.3. The summed E-state index contributed by atoms with van der Waals surface area (Å²) in [7, 11) is -3.39. The molecule has 0 aliphatic carbocycles. The van der Waals surface area contributed by atoms with Crippen molar-refractivity contribution < 1.29 is 13.2 Å². The van der Waals surface area contributed by atoms with Gasteiger partial charge in [-0.2, -0.15) is 0 Å². The van der Waals surface area contributed by atoms with E-state index in [9.17, 15) is 8.42 Å². The van der Waals surface area contributed by atoms with E-state index < -0.39 is 10.0 Å². The van der Waals surface area contributed by atoms with Crippen LogP contribution in [0.2, 0.25) is 0 Å². The SMILES string of the molecule is CCNS(=O)(=O)c1cccc(N2CC(OC(C)C)C2)c1. The Labute approximate surface area is 121 Å². The highest BCUT2D eigenvalue weighted by atomic mass is 32.2. The Bertz CT molecular complexity index is 551. The van der Waals surface area contributed by atoms with Gasteiger partial charge in [-0.15, -0.1) is 0 Å². The molecule has 0 spiro atoms. The Morgan fingerprint density at radius 2 is 2.10 bits per heavy atom. The molecule has 1 saturated heterocycles. The van der Waals surface area contributed by atoms with Crippen LogP contribution in [0.15, 0.2) is 29.2 Å². The summed E-state index contributed by atoms with van der Waals surface area (Å²) in [6, 6.07) is 7.03. The summed E-state index contributed by atoms with van der Waals surface area (Å²) in [5.74, 6) is 0. The van der Waals surface area contributed by atoms with Gasteiger partial charge in [-0.25, -0.2) is 13.1 Å². The van der Waals surface area contributed by atoms with E-state index in [-0.39, 0.29) is 12.2 Å². The molecular formula is C14H22N2O3S. The number of rotatable bonds is 6. The van der Waals surface area contributed by atoms with Crippen molar-refractivity contribution in [2.45, 2.75) is 37.9 Å². The number of ether oxygens (including phenoxy) is 1. The third-order valence-corrected chi connectivity index (χ3v) is 4.68. The Kier molecular flexibility index (Phi) is 4.67. The van der Waals surface area contributed by atoms with Crippen LogP contribution in [0, 0.1) is 0 Å². The van der Waals surface area contributed by atoms with Crippen LogP contribution in [0.4, 0.5) is 5.69 Å². The lowest BCUT2D eigenvalue weighted by Gasteiger charge is -2.41. The molecule has 0 unspecified atom stereocenters. The molecule has 1 aliphatic rings. The average molecular weight is 298 g/mol. The fourth-order valence-corrected chi connectivity index (χ4v) is 3.32. The molecule has 1 heterocycles. The Hall–Kier alpha value is -1.11. The minimum atomic E-state index is -3.39. The molecule has 1 aliphatic heterocycles. The van der Waals surface area contributed by atoms with Crippen LogP contribution in [0.25, 0.3) is 0 Å². The van der Waals surface area contributed by atoms with E-state index in [1.807, 2.05) is 19.9 Å². The second-order valence-corrected chi connectivity index (χ2v) is 6.98. The number of nitrogens with zero attached hydrogens (tertiary/aromatic N) is 1. The van der Waals surface area contributed by atoms with Gasteiger partial charge < -0.3 is 9.64 Å². The van der Waals surface area contributed by atoms with Crippen molar-refractivity contribution in [1.82, 2.24) is 4.72 Å². The van der Waals surface area contributed by atoms with Crippen molar-refractivity contribution in [2.75, 3.05) is 24.5 Å². The molecule has 1 fully saturated rings. The predicted octanol–water partition coefficient (Wildman–Crippen LogP) is 1.60. The molecule has 6 heteroatoms. The van der Waals surface area contributed by atoms with E-state index in [1.54, 1.807) is 25.1 Å². The summed E-state index contributed by atoms with van der Waals surface area (Å²) in [5.41, 5.74) is 0.924. The smallest absolute Gasteiger partial charge is 0.240 e. The van der Waals surface area contributed by atoms with Gasteiger partial charge in [0.2, 0.25) is 10.0 Å². The zero-order chi connectivity index (χ0) is 14.8. The quantitative estimate of drug-likeness (QED) is 0.866. The van der Waals surface area contributed by atoms with Gasteiger partial charge >= 0.3 is 0 Å². The first-order valence-corrected chi connectivity index (χ1v) is 8.41. The monoisotopic (exact) mass is 298 g/mol. The summed E-state index contributed by atoms with van der Waals surface area (Å²) in [6.45, 7) is 7.82. The van der Waals surface area contributed by atoms with E-state index in [0.29, 0.717) is 11.4 Å². The van der Waals surface area contributed by atoms with Crippen molar-refractivity contribution in [3.8, 4) is 0 Å². The Balaban J connectivity index is 2.05. The van der Waals surface area contributed by atoms with Crippen LogP contribution >= 0.6 is 0 Å². The lowest BCUT2D eigenvalue weighted by atomic mass is 10.1. The number of benzene rings is 1. The molecule has 0 atom stereocenters. The van der Waals surface area contributed by atoms with Crippen LogP contribution in [-0.2, 0) is 14.8 Å². The van der Waals surface area contributed by atoms with E-state index in [2.05, 4.69) is 9.62 Å². The highest BCUT2D eigenvalue weighted by molar-refractivity contribution is 7.89. The van der Waals surface area contributed by atoms with Gasteiger partial charge in [0.15, 0.2) is 0 Å². The Morgan fingerprint density at radius 1 is 1.40 bits per heavy atom.